The Morgan fingerprint density at radius 1 is 1.30 bits per heavy atom. The molecule has 0 aliphatic heterocycles. The molecule has 0 saturated heterocycles. The summed E-state index contributed by atoms with van der Waals surface area (Å²) in [6, 6.07) is 13.1. The van der Waals surface area contributed by atoms with E-state index in [9.17, 15) is 4.79 Å². The Kier molecular flexibility index (Phi) is 4.52. The van der Waals surface area contributed by atoms with Crippen LogP contribution in [0.5, 0.6) is 0 Å². The Bertz CT molecular complexity index is 750. The van der Waals surface area contributed by atoms with E-state index in [1.165, 1.54) is 0 Å². The van der Waals surface area contributed by atoms with Gasteiger partial charge < -0.3 is 9.84 Å². The summed E-state index contributed by atoms with van der Waals surface area (Å²) in [5.74, 6) is 0.220. The summed E-state index contributed by atoms with van der Waals surface area (Å²) in [5.41, 5.74) is 1.57. The number of rotatable bonds is 6. The number of amides is 1. The number of hydrogen-bond acceptors (Lipinski definition) is 4. The molecule has 1 amide bonds. The molecule has 3 rings (SSSR count). The molecule has 0 aliphatic rings. The lowest BCUT2D eigenvalue weighted by Gasteiger charge is -2.11. The third kappa shape index (κ3) is 3.85. The molecule has 0 fully saturated rings. The summed E-state index contributed by atoms with van der Waals surface area (Å²) < 4.78 is 6.99. The fraction of sp³-hybridized carbons (Fsp3) is 0.235. The van der Waals surface area contributed by atoms with E-state index >= 15 is 0 Å². The van der Waals surface area contributed by atoms with Crippen LogP contribution < -0.4 is 5.32 Å². The summed E-state index contributed by atoms with van der Waals surface area (Å²) in [6.45, 7) is 3.34. The summed E-state index contributed by atoms with van der Waals surface area (Å²) in [7, 11) is 0. The lowest BCUT2D eigenvalue weighted by Crippen LogP contribution is -2.29. The minimum absolute atomic E-state index is 0.218. The highest BCUT2D eigenvalue weighted by Gasteiger charge is 2.14. The summed E-state index contributed by atoms with van der Waals surface area (Å²) in [4.78, 5) is 12.1. The number of nitrogens with zero attached hydrogens (tertiary/aromatic N) is 3. The van der Waals surface area contributed by atoms with Gasteiger partial charge in [0.25, 0.3) is 5.91 Å². The van der Waals surface area contributed by atoms with Crippen LogP contribution in [0.3, 0.4) is 0 Å². The van der Waals surface area contributed by atoms with Gasteiger partial charge in [0.15, 0.2) is 0 Å². The molecule has 2 heterocycles. The first kappa shape index (κ1) is 15.0. The highest BCUT2D eigenvalue weighted by molar-refractivity contribution is 5.92. The maximum Gasteiger partial charge on any atom is 0.289 e. The predicted octanol–water partition coefficient (Wildman–Crippen LogP) is 2.60. The van der Waals surface area contributed by atoms with Crippen molar-refractivity contribution in [3.8, 4) is 11.3 Å². The Labute approximate surface area is 134 Å². The van der Waals surface area contributed by atoms with Crippen molar-refractivity contribution in [2.24, 2.45) is 5.92 Å². The molecule has 3 aromatic rings. The van der Waals surface area contributed by atoms with Crippen LogP contribution in [0.4, 0.5) is 0 Å². The van der Waals surface area contributed by atoms with Crippen molar-refractivity contribution in [2.75, 3.05) is 6.54 Å². The molecule has 0 unspecified atom stereocenters. The molecule has 0 bridgehead atoms. The van der Waals surface area contributed by atoms with Gasteiger partial charge in [0.05, 0.1) is 0 Å². The van der Waals surface area contributed by atoms with E-state index in [-0.39, 0.29) is 17.6 Å². The van der Waals surface area contributed by atoms with Crippen molar-refractivity contribution >= 4 is 5.91 Å². The maximum atomic E-state index is 12.1. The van der Waals surface area contributed by atoms with Gasteiger partial charge in [-0.25, -0.2) is 0 Å². The molecule has 1 N–H and O–H groups in total. The molecule has 0 saturated carbocycles. The lowest BCUT2D eigenvalue weighted by molar-refractivity contribution is 0.0909. The maximum absolute atomic E-state index is 12.1. The predicted molar refractivity (Wildman–Crippen MR) is 85.7 cm³/mol. The van der Waals surface area contributed by atoms with Gasteiger partial charge in [0.2, 0.25) is 5.76 Å². The standard InChI is InChI=1S/C17H18N4O2/c1-13(12-21-9-5-8-19-21)11-18-17(22)16-10-15(20-23-16)14-6-3-2-4-7-14/h2-10,13H,11-12H2,1H3,(H,18,22)/t13-/m1/s1. The fourth-order valence-electron chi connectivity index (χ4n) is 2.27. The van der Waals surface area contributed by atoms with Crippen molar-refractivity contribution in [1.82, 2.24) is 20.3 Å². The van der Waals surface area contributed by atoms with E-state index in [0.717, 1.165) is 12.1 Å². The van der Waals surface area contributed by atoms with Crippen LogP contribution in [-0.2, 0) is 6.54 Å². The van der Waals surface area contributed by atoms with Gasteiger partial charge in [-0.05, 0) is 12.0 Å². The SMILES string of the molecule is C[C@H](CNC(=O)c1cc(-c2ccccc2)no1)Cn1cccn1. The zero-order valence-electron chi connectivity index (χ0n) is 12.8. The second kappa shape index (κ2) is 6.91. The van der Waals surface area contributed by atoms with Crippen LogP contribution in [0, 0.1) is 5.92 Å². The quantitative estimate of drug-likeness (QED) is 0.759. The van der Waals surface area contributed by atoms with Gasteiger partial charge in [0, 0.05) is 37.1 Å². The van der Waals surface area contributed by atoms with Gasteiger partial charge in [-0.3, -0.25) is 9.48 Å². The van der Waals surface area contributed by atoms with Crippen molar-refractivity contribution in [1.29, 1.82) is 0 Å². The molecule has 23 heavy (non-hydrogen) atoms. The van der Waals surface area contributed by atoms with E-state index in [0.29, 0.717) is 12.2 Å². The van der Waals surface area contributed by atoms with Crippen LogP contribution in [0.25, 0.3) is 11.3 Å². The average Bonchev–Trinajstić information content (AvgIpc) is 3.25. The van der Waals surface area contributed by atoms with Crippen molar-refractivity contribution in [3.63, 3.8) is 0 Å². The molecular formula is C17H18N4O2. The van der Waals surface area contributed by atoms with E-state index in [4.69, 9.17) is 4.52 Å². The van der Waals surface area contributed by atoms with Gasteiger partial charge in [-0.15, -0.1) is 0 Å². The Balaban J connectivity index is 1.55. The van der Waals surface area contributed by atoms with Crippen LogP contribution >= 0.6 is 0 Å². The van der Waals surface area contributed by atoms with Gasteiger partial charge >= 0.3 is 0 Å². The zero-order chi connectivity index (χ0) is 16.1. The van der Waals surface area contributed by atoms with Crippen LogP contribution in [0.1, 0.15) is 17.5 Å². The highest BCUT2D eigenvalue weighted by atomic mass is 16.5. The number of benzene rings is 1. The van der Waals surface area contributed by atoms with Gasteiger partial charge in [0.1, 0.15) is 5.69 Å². The smallest absolute Gasteiger partial charge is 0.289 e. The highest BCUT2D eigenvalue weighted by Crippen LogP contribution is 2.18. The van der Waals surface area contributed by atoms with E-state index in [2.05, 4.69) is 22.5 Å². The molecule has 2 aromatic heterocycles. The van der Waals surface area contributed by atoms with Gasteiger partial charge in [-0.1, -0.05) is 42.4 Å². The molecule has 118 valence electrons. The topological polar surface area (TPSA) is 73.0 Å². The minimum atomic E-state index is -0.257. The van der Waals surface area contributed by atoms with Crippen LogP contribution in [-0.4, -0.2) is 27.4 Å². The Hall–Kier alpha value is -2.89. The molecular weight excluding hydrogens is 292 g/mol. The largest absolute Gasteiger partial charge is 0.350 e. The summed E-state index contributed by atoms with van der Waals surface area (Å²) >= 11 is 0. The van der Waals surface area contributed by atoms with Crippen molar-refractivity contribution in [2.45, 2.75) is 13.5 Å². The van der Waals surface area contributed by atoms with Crippen LogP contribution in [0.15, 0.2) is 59.4 Å². The first-order valence-electron chi connectivity index (χ1n) is 7.50. The fourth-order valence-corrected chi connectivity index (χ4v) is 2.27. The number of nitrogens with one attached hydrogen (secondary N) is 1. The van der Waals surface area contributed by atoms with E-state index < -0.39 is 0 Å². The molecule has 0 aliphatic carbocycles. The number of aromatic nitrogens is 3. The molecule has 1 aromatic carbocycles. The number of carbonyl (C=O) groups is 1. The van der Waals surface area contributed by atoms with Crippen molar-refractivity contribution in [3.05, 3.63) is 60.6 Å². The van der Waals surface area contributed by atoms with Gasteiger partial charge in [-0.2, -0.15) is 5.10 Å². The minimum Gasteiger partial charge on any atom is -0.350 e. The first-order valence-corrected chi connectivity index (χ1v) is 7.50. The monoisotopic (exact) mass is 310 g/mol. The second-order valence-corrected chi connectivity index (χ2v) is 5.49. The third-order valence-electron chi connectivity index (χ3n) is 3.47. The normalized spacial score (nSPS) is 12.0. The van der Waals surface area contributed by atoms with E-state index in [1.54, 1.807) is 12.3 Å². The molecule has 0 radical (unpaired) electrons. The van der Waals surface area contributed by atoms with Crippen LogP contribution in [0.2, 0.25) is 0 Å². The lowest BCUT2D eigenvalue weighted by atomic mass is 10.1. The molecule has 6 heteroatoms. The first-order chi connectivity index (χ1) is 11.2. The Morgan fingerprint density at radius 3 is 2.87 bits per heavy atom. The zero-order valence-corrected chi connectivity index (χ0v) is 12.8. The van der Waals surface area contributed by atoms with E-state index in [1.807, 2.05) is 47.3 Å². The number of hydrogen-bond donors (Lipinski definition) is 1. The summed E-state index contributed by atoms with van der Waals surface area (Å²) in [6.07, 6.45) is 3.64. The molecule has 0 spiro atoms. The Morgan fingerprint density at radius 2 is 2.13 bits per heavy atom. The average molecular weight is 310 g/mol. The number of carbonyl (C=O) groups excluding carboxylic acids is 1. The molecule has 1 atom stereocenters. The molecule has 6 nitrogen and oxygen atoms in total. The summed E-state index contributed by atoms with van der Waals surface area (Å²) in [5, 5.41) is 11.0. The second-order valence-electron chi connectivity index (χ2n) is 5.49. The van der Waals surface area contributed by atoms with Crippen molar-refractivity contribution < 1.29 is 9.32 Å². The third-order valence-corrected chi connectivity index (χ3v) is 3.47.